The summed E-state index contributed by atoms with van der Waals surface area (Å²) in [7, 11) is 0. The van der Waals surface area contributed by atoms with E-state index >= 15 is 0 Å². The number of carbonyl (C=O) groups excluding carboxylic acids is 1. The number of halogens is 1. The zero-order chi connectivity index (χ0) is 17.4. The molecule has 0 saturated carbocycles. The van der Waals surface area contributed by atoms with Crippen LogP contribution >= 0.6 is 11.6 Å². The highest BCUT2D eigenvalue weighted by Gasteiger charge is 2.18. The van der Waals surface area contributed by atoms with Gasteiger partial charge in [0.15, 0.2) is 0 Å². The summed E-state index contributed by atoms with van der Waals surface area (Å²) in [6.45, 7) is 0. The fourth-order valence-electron chi connectivity index (χ4n) is 3.47. The molecule has 126 valence electrons. The van der Waals surface area contributed by atoms with Crippen LogP contribution in [-0.2, 0) is 24.1 Å². The highest BCUT2D eigenvalue weighted by atomic mass is 35.5. The zero-order valence-corrected chi connectivity index (χ0v) is 14.3. The van der Waals surface area contributed by atoms with Crippen LogP contribution in [0, 0.1) is 0 Å². The first-order valence-corrected chi connectivity index (χ1v) is 8.70. The Morgan fingerprint density at radius 3 is 2.64 bits per heavy atom. The maximum absolute atomic E-state index is 12.2. The van der Waals surface area contributed by atoms with Gasteiger partial charge in [0, 0.05) is 21.7 Å². The number of hydrogen-bond acceptors (Lipinski definition) is 2. The van der Waals surface area contributed by atoms with Crippen LogP contribution in [0.5, 0.6) is 0 Å². The van der Waals surface area contributed by atoms with Gasteiger partial charge in [-0.2, -0.15) is 0 Å². The minimum atomic E-state index is -0.106. The van der Waals surface area contributed by atoms with Crippen molar-refractivity contribution >= 4 is 34.1 Å². The van der Waals surface area contributed by atoms with Crippen molar-refractivity contribution in [1.82, 2.24) is 4.98 Å². The van der Waals surface area contributed by atoms with Crippen LogP contribution in [0.1, 0.15) is 23.1 Å². The molecule has 2 aromatic carbocycles. The molecule has 4 nitrogen and oxygen atoms in total. The molecule has 1 aliphatic carbocycles. The second kappa shape index (κ2) is 6.37. The van der Waals surface area contributed by atoms with E-state index in [1.54, 1.807) is 12.1 Å². The average Bonchev–Trinajstić information content (AvgIpc) is 3.07. The number of carbonyl (C=O) groups is 1. The fourth-order valence-corrected chi connectivity index (χ4v) is 3.60. The van der Waals surface area contributed by atoms with E-state index in [1.807, 2.05) is 30.3 Å². The van der Waals surface area contributed by atoms with Gasteiger partial charge in [-0.1, -0.05) is 29.8 Å². The Balaban J connectivity index is 1.57. The molecule has 0 atom stereocenters. The Kier molecular flexibility index (Phi) is 4.06. The molecule has 1 aliphatic rings. The first-order valence-electron chi connectivity index (χ1n) is 8.32. The van der Waals surface area contributed by atoms with Gasteiger partial charge in [0.1, 0.15) is 0 Å². The number of benzene rings is 2. The van der Waals surface area contributed by atoms with Crippen LogP contribution in [0.2, 0.25) is 5.02 Å². The Morgan fingerprint density at radius 2 is 1.84 bits per heavy atom. The van der Waals surface area contributed by atoms with Crippen molar-refractivity contribution in [2.45, 2.75) is 25.7 Å². The number of rotatable bonds is 3. The second-order valence-corrected chi connectivity index (χ2v) is 6.81. The number of nitrogens with one attached hydrogen (secondary N) is 2. The Labute approximate surface area is 149 Å². The van der Waals surface area contributed by atoms with Gasteiger partial charge in [-0.25, -0.2) is 0 Å². The number of hydrogen-bond donors (Lipinski definition) is 2. The molecule has 5 heteroatoms. The van der Waals surface area contributed by atoms with Gasteiger partial charge >= 0.3 is 0 Å². The molecule has 1 amide bonds. The zero-order valence-electron chi connectivity index (χ0n) is 13.6. The largest absolute Gasteiger partial charge is 0.326 e. The number of anilines is 1. The molecule has 1 aromatic heterocycles. The third kappa shape index (κ3) is 3.17. The van der Waals surface area contributed by atoms with E-state index in [0.717, 1.165) is 46.9 Å². The minimum Gasteiger partial charge on any atom is -0.326 e. The van der Waals surface area contributed by atoms with Crippen LogP contribution in [0.25, 0.3) is 10.9 Å². The lowest BCUT2D eigenvalue weighted by Gasteiger charge is -2.09. The lowest BCUT2D eigenvalue weighted by atomic mass is 10.1. The first kappa shape index (κ1) is 15.9. The third-order valence-corrected chi connectivity index (χ3v) is 4.90. The van der Waals surface area contributed by atoms with E-state index in [9.17, 15) is 9.59 Å². The summed E-state index contributed by atoms with van der Waals surface area (Å²) in [4.78, 5) is 27.4. The van der Waals surface area contributed by atoms with E-state index < -0.39 is 0 Å². The number of aromatic amines is 1. The third-order valence-electron chi connectivity index (χ3n) is 4.65. The highest BCUT2D eigenvalue weighted by Crippen LogP contribution is 2.27. The molecule has 25 heavy (non-hydrogen) atoms. The minimum absolute atomic E-state index is 0.00959. The summed E-state index contributed by atoms with van der Waals surface area (Å²) < 4.78 is 0. The van der Waals surface area contributed by atoms with E-state index in [2.05, 4.69) is 10.3 Å². The quantitative estimate of drug-likeness (QED) is 0.752. The molecule has 0 aliphatic heterocycles. The van der Waals surface area contributed by atoms with E-state index in [1.165, 1.54) is 0 Å². The molecule has 0 unspecified atom stereocenters. The Morgan fingerprint density at radius 1 is 1.08 bits per heavy atom. The van der Waals surface area contributed by atoms with Crippen molar-refractivity contribution in [2.24, 2.45) is 0 Å². The summed E-state index contributed by atoms with van der Waals surface area (Å²) >= 11 is 5.86. The van der Waals surface area contributed by atoms with Crippen molar-refractivity contribution in [3.63, 3.8) is 0 Å². The van der Waals surface area contributed by atoms with Crippen molar-refractivity contribution < 1.29 is 4.79 Å². The molecule has 2 N–H and O–H groups in total. The van der Waals surface area contributed by atoms with E-state index in [4.69, 9.17) is 11.6 Å². The van der Waals surface area contributed by atoms with E-state index in [0.29, 0.717) is 10.7 Å². The highest BCUT2D eigenvalue weighted by molar-refractivity contribution is 6.30. The molecule has 0 fully saturated rings. The van der Waals surface area contributed by atoms with Crippen LogP contribution in [0.4, 0.5) is 5.69 Å². The topological polar surface area (TPSA) is 62.0 Å². The van der Waals surface area contributed by atoms with Crippen LogP contribution in [0.15, 0.2) is 47.3 Å². The van der Waals surface area contributed by atoms with Gasteiger partial charge in [-0.05, 0) is 54.7 Å². The summed E-state index contributed by atoms with van der Waals surface area (Å²) in [5.41, 5.74) is 4.40. The van der Waals surface area contributed by atoms with E-state index in [-0.39, 0.29) is 17.9 Å². The number of aromatic nitrogens is 1. The molecule has 0 radical (unpaired) electrons. The molecule has 0 saturated heterocycles. The molecular weight excluding hydrogens is 336 g/mol. The van der Waals surface area contributed by atoms with Gasteiger partial charge in [0.2, 0.25) is 5.91 Å². The normalized spacial score (nSPS) is 13.0. The number of pyridine rings is 1. The monoisotopic (exact) mass is 352 g/mol. The molecule has 0 spiro atoms. The van der Waals surface area contributed by atoms with Crippen LogP contribution < -0.4 is 10.9 Å². The Hall–Kier alpha value is -2.59. The predicted molar refractivity (Wildman–Crippen MR) is 100 cm³/mol. The van der Waals surface area contributed by atoms with Crippen LogP contribution in [0.3, 0.4) is 0 Å². The first-order chi connectivity index (χ1) is 12.1. The van der Waals surface area contributed by atoms with Crippen molar-refractivity contribution in [3.8, 4) is 0 Å². The van der Waals surface area contributed by atoms with Crippen molar-refractivity contribution in [3.05, 3.63) is 74.5 Å². The Bertz CT molecular complexity index is 1020. The average molecular weight is 353 g/mol. The molecule has 1 heterocycles. The number of aryl methyl sites for hydroxylation is 1. The lowest BCUT2D eigenvalue weighted by molar-refractivity contribution is -0.115. The maximum atomic E-state index is 12.2. The number of H-pyrrole nitrogens is 1. The van der Waals surface area contributed by atoms with Gasteiger partial charge in [-0.15, -0.1) is 0 Å². The van der Waals surface area contributed by atoms with Gasteiger partial charge in [-0.3, -0.25) is 9.59 Å². The SMILES string of the molecule is O=C(Cc1ccc(Cl)cc1)Nc1ccc2c3c(c(=O)[nH]c2c1)CCC3. The standard InChI is InChI=1S/C20H17ClN2O2/c21-13-6-4-12(5-7-13)10-19(24)22-14-8-9-16-15-2-1-3-17(15)20(25)23-18(16)11-14/h4-9,11H,1-3,10H2,(H,22,24)(H,23,25). The summed E-state index contributed by atoms with van der Waals surface area (Å²) in [5.74, 6) is -0.106. The number of fused-ring (bicyclic) bond motifs is 3. The van der Waals surface area contributed by atoms with Gasteiger partial charge < -0.3 is 10.3 Å². The fraction of sp³-hybridized carbons (Fsp3) is 0.200. The van der Waals surface area contributed by atoms with Gasteiger partial charge in [0.25, 0.3) is 5.56 Å². The molecule has 4 rings (SSSR count). The number of amides is 1. The smallest absolute Gasteiger partial charge is 0.251 e. The molecule has 0 bridgehead atoms. The summed E-state index contributed by atoms with van der Waals surface area (Å²) in [6, 6.07) is 12.9. The molecular formula is C20H17ClN2O2. The molecule has 3 aromatic rings. The maximum Gasteiger partial charge on any atom is 0.251 e. The van der Waals surface area contributed by atoms with Crippen molar-refractivity contribution in [2.75, 3.05) is 5.32 Å². The van der Waals surface area contributed by atoms with Gasteiger partial charge in [0.05, 0.1) is 11.9 Å². The lowest BCUT2D eigenvalue weighted by Crippen LogP contribution is -2.15. The van der Waals surface area contributed by atoms with Crippen LogP contribution in [-0.4, -0.2) is 10.9 Å². The predicted octanol–water partition coefficient (Wildman–Crippen LogP) is 3.85. The van der Waals surface area contributed by atoms with Crippen molar-refractivity contribution in [1.29, 1.82) is 0 Å². The summed E-state index contributed by atoms with van der Waals surface area (Å²) in [6.07, 6.45) is 3.09. The summed E-state index contributed by atoms with van der Waals surface area (Å²) in [5, 5.41) is 4.61. The second-order valence-electron chi connectivity index (χ2n) is 6.38.